The number of ether oxygens (including phenoxy) is 2. The van der Waals surface area contributed by atoms with Gasteiger partial charge in [0.25, 0.3) is 5.92 Å². The third-order valence-electron chi connectivity index (χ3n) is 10.0. The summed E-state index contributed by atoms with van der Waals surface area (Å²) in [7, 11) is 1.68. The van der Waals surface area contributed by atoms with E-state index in [1.54, 1.807) is 16.8 Å². The van der Waals surface area contributed by atoms with Crippen LogP contribution in [0.2, 0.25) is 0 Å². The molecule has 7 rings (SSSR count). The van der Waals surface area contributed by atoms with E-state index in [-0.39, 0.29) is 38.6 Å². The summed E-state index contributed by atoms with van der Waals surface area (Å²) in [4.78, 5) is 30.7. The van der Waals surface area contributed by atoms with Gasteiger partial charge in [-0.15, -0.1) is 0 Å². The zero-order chi connectivity index (χ0) is 34.8. The van der Waals surface area contributed by atoms with Crippen molar-refractivity contribution in [3.8, 4) is 12.1 Å². The largest absolute Gasteiger partial charge is 0.462 e. The summed E-state index contributed by atoms with van der Waals surface area (Å²) in [6, 6.07) is 23.6. The molecule has 3 aliphatic heterocycles. The van der Waals surface area contributed by atoms with Crippen LogP contribution in [0.3, 0.4) is 0 Å². The van der Waals surface area contributed by atoms with E-state index in [9.17, 15) is 18.8 Å². The second kappa shape index (κ2) is 14.1. The van der Waals surface area contributed by atoms with Gasteiger partial charge in [-0.3, -0.25) is 4.90 Å². The van der Waals surface area contributed by atoms with Gasteiger partial charge in [-0.2, -0.15) is 15.2 Å². The average Bonchev–Trinajstić information content (AvgIpc) is 3.39. The number of anilines is 2. The Morgan fingerprint density at radius 2 is 1.80 bits per heavy atom. The van der Waals surface area contributed by atoms with Crippen LogP contribution in [0.5, 0.6) is 6.01 Å². The average molecular weight is 682 g/mol. The zero-order valence-corrected chi connectivity index (χ0v) is 28.4. The number of likely N-dealkylation sites (N-methyl/N-ethyl adjacent to an activating group) is 1. The second-order valence-electron chi connectivity index (χ2n) is 13.5. The van der Waals surface area contributed by atoms with E-state index in [1.165, 1.54) is 16.3 Å². The van der Waals surface area contributed by atoms with Gasteiger partial charge in [-0.05, 0) is 43.0 Å². The van der Waals surface area contributed by atoms with Gasteiger partial charge >= 0.3 is 12.1 Å². The fourth-order valence-electron chi connectivity index (χ4n) is 7.48. The van der Waals surface area contributed by atoms with Crippen LogP contribution < -0.4 is 14.5 Å². The van der Waals surface area contributed by atoms with Crippen molar-refractivity contribution in [1.82, 2.24) is 19.8 Å². The molecule has 260 valence electrons. The summed E-state index contributed by atoms with van der Waals surface area (Å²) >= 11 is 0. The molecule has 2 atom stereocenters. The number of aromatic nitrogens is 2. The fourth-order valence-corrected chi connectivity index (χ4v) is 7.48. The predicted molar refractivity (Wildman–Crippen MR) is 187 cm³/mol. The van der Waals surface area contributed by atoms with Crippen LogP contribution in [-0.4, -0.2) is 90.2 Å². The predicted octanol–water partition coefficient (Wildman–Crippen LogP) is 5.96. The molecule has 0 spiro atoms. The van der Waals surface area contributed by atoms with Crippen molar-refractivity contribution in [1.29, 1.82) is 5.26 Å². The van der Waals surface area contributed by atoms with Crippen LogP contribution in [0, 0.1) is 18.3 Å². The minimum Gasteiger partial charge on any atom is -0.462 e. The van der Waals surface area contributed by atoms with Crippen molar-refractivity contribution in [2.75, 3.05) is 56.2 Å². The van der Waals surface area contributed by atoms with Gasteiger partial charge in [0, 0.05) is 55.3 Å². The highest BCUT2D eigenvalue weighted by molar-refractivity contribution is 5.97. The SMILES string of the molecule is Cc1cccc2cccc(N3CCc4c(nc(OC[C@@H]5CC(F)(F)CN5C)nc4N4CCN(C(=O)OCc5ccccc5)[C@@H](CC#N)C4)C3)c12. The molecule has 0 unspecified atom stereocenters. The number of hydrogen-bond donors (Lipinski definition) is 0. The third kappa shape index (κ3) is 7.01. The number of aryl methyl sites for hydroxylation is 1. The van der Waals surface area contributed by atoms with E-state index in [4.69, 9.17) is 19.4 Å². The molecule has 4 heterocycles. The standard InChI is InChI=1S/C38H41F2N7O3/c1-26-8-6-11-28-12-7-13-33(34(26)28)45-17-15-31-32(22-45)42-36(49-24-30-20-38(39,40)25-44(30)2)43-35(31)46-18-19-47(29(21-46)14-16-41)37(48)50-23-27-9-4-3-5-10-27/h3-13,29-30H,14-15,17-25H2,1-2H3/t29-,30-/m0/s1. The lowest BCUT2D eigenvalue weighted by atomic mass is 9.99. The monoisotopic (exact) mass is 681 g/mol. The summed E-state index contributed by atoms with van der Waals surface area (Å²) in [6.45, 7) is 4.44. The van der Waals surface area contributed by atoms with Crippen molar-refractivity contribution < 1.29 is 23.0 Å². The first kappa shape index (κ1) is 33.5. The van der Waals surface area contributed by atoms with Crippen molar-refractivity contribution in [3.63, 3.8) is 0 Å². The van der Waals surface area contributed by atoms with Crippen LogP contribution >= 0.6 is 0 Å². The third-order valence-corrected chi connectivity index (χ3v) is 10.0. The minimum absolute atomic E-state index is 0.0363. The van der Waals surface area contributed by atoms with Crippen molar-refractivity contribution in [3.05, 3.63) is 89.1 Å². The summed E-state index contributed by atoms with van der Waals surface area (Å²) in [5, 5.41) is 12.1. The van der Waals surface area contributed by atoms with E-state index in [2.05, 4.69) is 59.2 Å². The highest BCUT2D eigenvalue weighted by Crippen LogP contribution is 2.36. The lowest BCUT2D eigenvalue weighted by molar-refractivity contribution is 0.0136. The van der Waals surface area contributed by atoms with Crippen LogP contribution in [0.25, 0.3) is 10.8 Å². The molecular weight excluding hydrogens is 640 g/mol. The topological polar surface area (TPSA) is 98.1 Å². The van der Waals surface area contributed by atoms with Crippen LogP contribution in [-0.2, 0) is 24.3 Å². The number of rotatable bonds is 8. The molecule has 12 heteroatoms. The summed E-state index contributed by atoms with van der Waals surface area (Å²) in [5.41, 5.74) is 5.01. The number of likely N-dealkylation sites (tertiary alicyclic amines) is 1. The Bertz CT molecular complexity index is 1900. The second-order valence-corrected chi connectivity index (χ2v) is 13.5. The number of hydrogen-bond acceptors (Lipinski definition) is 9. The Hall–Kier alpha value is -5.02. The lowest BCUT2D eigenvalue weighted by Crippen LogP contribution is -2.55. The van der Waals surface area contributed by atoms with Crippen molar-refractivity contribution >= 4 is 28.4 Å². The molecule has 50 heavy (non-hydrogen) atoms. The zero-order valence-electron chi connectivity index (χ0n) is 28.4. The molecule has 2 fully saturated rings. The molecule has 0 radical (unpaired) electrons. The van der Waals surface area contributed by atoms with Gasteiger partial charge in [0.05, 0.1) is 37.3 Å². The summed E-state index contributed by atoms with van der Waals surface area (Å²) in [6.07, 6.45) is 0.0612. The first-order valence-electron chi connectivity index (χ1n) is 17.1. The Morgan fingerprint density at radius 1 is 1.00 bits per heavy atom. The van der Waals surface area contributed by atoms with E-state index in [0.717, 1.165) is 29.1 Å². The fraction of sp³-hybridized carbons (Fsp3) is 0.421. The summed E-state index contributed by atoms with van der Waals surface area (Å²) < 4.78 is 40.1. The number of carbonyl (C=O) groups is 1. The molecule has 1 aromatic heterocycles. The first-order chi connectivity index (χ1) is 24.2. The smallest absolute Gasteiger partial charge is 0.410 e. The molecule has 0 bridgehead atoms. The minimum atomic E-state index is -2.76. The molecular formula is C38H41F2N7O3. The Morgan fingerprint density at radius 3 is 2.56 bits per heavy atom. The van der Waals surface area contributed by atoms with Gasteiger partial charge in [0.15, 0.2) is 0 Å². The van der Waals surface area contributed by atoms with Gasteiger partial charge in [-0.1, -0.05) is 60.7 Å². The number of benzene rings is 3. The Kier molecular flexibility index (Phi) is 9.42. The van der Waals surface area contributed by atoms with Crippen LogP contribution in [0.15, 0.2) is 66.7 Å². The van der Waals surface area contributed by atoms with Gasteiger partial charge < -0.3 is 24.2 Å². The van der Waals surface area contributed by atoms with Gasteiger partial charge in [0.2, 0.25) is 0 Å². The van der Waals surface area contributed by atoms with E-state index < -0.39 is 24.1 Å². The number of fused-ring (bicyclic) bond motifs is 2. The van der Waals surface area contributed by atoms with Crippen molar-refractivity contribution in [2.24, 2.45) is 0 Å². The maximum absolute atomic E-state index is 14.2. The molecule has 3 aromatic carbocycles. The number of nitriles is 1. The number of nitrogens with zero attached hydrogens (tertiary/aromatic N) is 7. The maximum Gasteiger partial charge on any atom is 0.410 e. The Balaban J connectivity index is 1.16. The first-order valence-corrected chi connectivity index (χ1v) is 17.1. The van der Waals surface area contributed by atoms with Crippen LogP contribution in [0.4, 0.5) is 25.1 Å². The number of amides is 1. The van der Waals surface area contributed by atoms with Gasteiger partial charge in [-0.25, -0.2) is 13.6 Å². The molecule has 0 aliphatic carbocycles. The lowest BCUT2D eigenvalue weighted by Gasteiger charge is -2.42. The van der Waals surface area contributed by atoms with Crippen molar-refractivity contribution in [2.45, 2.75) is 57.3 Å². The molecule has 10 nitrogen and oxygen atoms in total. The number of carbonyl (C=O) groups excluding carboxylic acids is 1. The summed E-state index contributed by atoms with van der Waals surface area (Å²) in [5.74, 6) is -2.07. The molecule has 1 amide bonds. The number of piperazine rings is 1. The molecule has 4 aromatic rings. The number of halogens is 2. The van der Waals surface area contributed by atoms with E-state index in [1.807, 2.05) is 30.3 Å². The molecule has 2 saturated heterocycles. The maximum atomic E-state index is 14.2. The molecule has 0 N–H and O–H groups in total. The van der Waals surface area contributed by atoms with E-state index in [0.29, 0.717) is 38.4 Å². The number of alkyl halides is 2. The highest BCUT2D eigenvalue weighted by atomic mass is 19.3. The Labute approximate surface area is 290 Å². The normalized spacial score (nSPS) is 20.4. The van der Waals surface area contributed by atoms with Crippen LogP contribution in [0.1, 0.15) is 35.2 Å². The van der Waals surface area contributed by atoms with E-state index >= 15 is 0 Å². The highest BCUT2D eigenvalue weighted by Gasteiger charge is 2.43. The molecule has 0 saturated carbocycles. The van der Waals surface area contributed by atoms with Gasteiger partial charge in [0.1, 0.15) is 19.0 Å². The quantitative estimate of drug-likeness (QED) is 0.223. The molecule has 3 aliphatic rings.